The summed E-state index contributed by atoms with van der Waals surface area (Å²) in [6.07, 6.45) is -1.57. The number of hydrogen-bond acceptors (Lipinski definition) is 4. The van der Waals surface area contributed by atoms with Crippen LogP contribution < -0.4 is 16.4 Å². The first-order chi connectivity index (χ1) is 12.4. The SMILES string of the molecule is Cl.[2H]C([2H])([2H])C(NCC(O)c1ccc(O)c(NC(N)=O)c1)(C([2H])([2H])[2H])C([2H])([2H])[2H]. The van der Waals surface area contributed by atoms with Gasteiger partial charge in [0.05, 0.1) is 11.8 Å². The number of carbonyl (C=O) groups is 1. The maximum absolute atomic E-state index is 10.9. The van der Waals surface area contributed by atoms with E-state index in [1.807, 2.05) is 5.32 Å². The van der Waals surface area contributed by atoms with Crippen LogP contribution in [-0.4, -0.2) is 28.3 Å². The number of phenolic OH excluding ortho intramolecular Hbond substituents is 1. The predicted octanol–water partition coefficient (Wildman–Crippen LogP) is 1.73. The molecule has 0 spiro atoms. The molecule has 1 unspecified atom stereocenters. The Morgan fingerprint density at radius 1 is 1.50 bits per heavy atom. The van der Waals surface area contributed by atoms with Crippen molar-refractivity contribution in [3.63, 3.8) is 0 Å². The Morgan fingerprint density at radius 3 is 2.70 bits per heavy atom. The van der Waals surface area contributed by atoms with Crippen LogP contribution in [-0.2, 0) is 0 Å². The average Bonchev–Trinajstić information content (AvgIpc) is 2.44. The lowest BCUT2D eigenvalue weighted by Gasteiger charge is -2.23. The lowest BCUT2D eigenvalue weighted by atomic mass is 10.1. The van der Waals surface area contributed by atoms with Gasteiger partial charge in [0.25, 0.3) is 0 Å². The number of nitrogens with one attached hydrogen (secondary N) is 2. The molecule has 0 radical (unpaired) electrons. The Balaban J connectivity index is 0.00000784. The zero-order valence-corrected chi connectivity index (χ0v) is 11.1. The molecule has 0 aliphatic heterocycles. The van der Waals surface area contributed by atoms with Crippen molar-refractivity contribution in [1.29, 1.82) is 0 Å². The van der Waals surface area contributed by atoms with E-state index in [0.717, 1.165) is 12.1 Å². The topological polar surface area (TPSA) is 108 Å². The van der Waals surface area contributed by atoms with Gasteiger partial charge in [0, 0.05) is 24.4 Å². The van der Waals surface area contributed by atoms with Gasteiger partial charge < -0.3 is 26.6 Å². The molecule has 1 rings (SSSR count). The first-order valence-corrected chi connectivity index (χ1v) is 5.26. The number of benzene rings is 1. The molecule has 0 saturated carbocycles. The Morgan fingerprint density at radius 2 is 2.15 bits per heavy atom. The van der Waals surface area contributed by atoms with Crippen LogP contribution in [0.5, 0.6) is 5.75 Å². The predicted molar refractivity (Wildman–Crippen MR) is 81.3 cm³/mol. The maximum atomic E-state index is 10.9. The second kappa shape index (κ2) is 7.33. The molecular formula is C13H22ClN3O3. The summed E-state index contributed by atoms with van der Waals surface area (Å²) in [5, 5.41) is 24.1. The number of halogens is 1. The number of β-amino-alcohol motifs (C(OH)–C–C–N with tert-alkyl or cyclic N) is 1. The van der Waals surface area contributed by atoms with Crippen LogP contribution in [0, 0.1) is 0 Å². The third-order valence-corrected chi connectivity index (χ3v) is 2.22. The molecule has 1 atom stereocenters. The first-order valence-electron chi connectivity index (χ1n) is 9.76. The fraction of sp³-hybridized carbons (Fsp3) is 0.462. The van der Waals surface area contributed by atoms with Gasteiger partial charge in [-0.2, -0.15) is 0 Å². The van der Waals surface area contributed by atoms with E-state index in [-0.39, 0.29) is 29.4 Å². The quantitative estimate of drug-likeness (QED) is 0.546. The number of nitrogens with two attached hydrogens (primary N) is 1. The summed E-state index contributed by atoms with van der Waals surface area (Å²) in [7, 11) is 0. The van der Waals surface area contributed by atoms with Crippen LogP contribution in [0.1, 0.15) is 44.6 Å². The van der Waals surface area contributed by atoms with Gasteiger partial charge in [-0.15, -0.1) is 12.4 Å². The molecule has 0 heterocycles. The Labute approximate surface area is 137 Å². The van der Waals surface area contributed by atoms with Crippen LogP contribution >= 0.6 is 12.4 Å². The smallest absolute Gasteiger partial charge is 0.316 e. The molecule has 0 aliphatic rings. The van der Waals surface area contributed by atoms with Crippen molar-refractivity contribution in [1.82, 2.24) is 5.32 Å². The molecule has 0 aliphatic carbocycles. The van der Waals surface area contributed by atoms with Crippen LogP contribution in [0.25, 0.3) is 0 Å². The molecule has 6 nitrogen and oxygen atoms in total. The number of aromatic hydroxyl groups is 1. The number of phenols is 1. The maximum Gasteiger partial charge on any atom is 0.316 e. The molecule has 114 valence electrons. The zero-order valence-electron chi connectivity index (χ0n) is 19.3. The van der Waals surface area contributed by atoms with E-state index in [0.29, 0.717) is 0 Å². The second-order valence-corrected chi connectivity index (χ2v) is 3.91. The fourth-order valence-corrected chi connectivity index (χ4v) is 1.36. The first kappa shape index (κ1) is 8.07. The molecule has 1 aromatic rings. The van der Waals surface area contributed by atoms with E-state index in [1.54, 1.807) is 0 Å². The van der Waals surface area contributed by atoms with Gasteiger partial charge in [-0.3, -0.25) is 0 Å². The van der Waals surface area contributed by atoms with Gasteiger partial charge in [0.15, 0.2) is 0 Å². The van der Waals surface area contributed by atoms with Gasteiger partial charge in [-0.25, -0.2) is 4.79 Å². The van der Waals surface area contributed by atoms with Crippen molar-refractivity contribution in [3.05, 3.63) is 23.8 Å². The molecule has 2 amide bonds. The minimum atomic E-state index is -3.46. The van der Waals surface area contributed by atoms with Crippen molar-refractivity contribution in [2.45, 2.75) is 32.2 Å². The van der Waals surface area contributed by atoms with E-state index >= 15 is 0 Å². The summed E-state index contributed by atoms with van der Waals surface area (Å²) in [4.78, 5) is 10.9. The lowest BCUT2D eigenvalue weighted by Crippen LogP contribution is -2.38. The molecule has 1 aromatic carbocycles. The van der Waals surface area contributed by atoms with Crippen LogP contribution in [0.3, 0.4) is 0 Å². The van der Waals surface area contributed by atoms with Crippen molar-refractivity contribution >= 4 is 24.1 Å². The normalized spacial score (nSPS) is 20.9. The minimum Gasteiger partial charge on any atom is -0.506 e. The van der Waals surface area contributed by atoms with Crippen molar-refractivity contribution in [2.75, 3.05) is 11.9 Å². The summed E-state index contributed by atoms with van der Waals surface area (Å²) in [6, 6.07) is 2.45. The summed E-state index contributed by atoms with van der Waals surface area (Å²) in [5.41, 5.74) is 1.54. The molecule has 0 aromatic heterocycles. The van der Waals surface area contributed by atoms with E-state index in [1.165, 1.54) is 6.07 Å². The van der Waals surface area contributed by atoms with E-state index in [2.05, 4.69) is 5.32 Å². The number of anilines is 1. The van der Waals surface area contributed by atoms with Gasteiger partial charge in [-0.1, -0.05) is 6.07 Å². The van der Waals surface area contributed by atoms with Gasteiger partial charge >= 0.3 is 6.03 Å². The largest absolute Gasteiger partial charge is 0.506 e. The molecule has 0 saturated heterocycles. The van der Waals surface area contributed by atoms with Crippen molar-refractivity contribution < 1.29 is 27.3 Å². The third kappa shape index (κ3) is 6.10. The fourth-order valence-electron chi connectivity index (χ4n) is 1.36. The van der Waals surface area contributed by atoms with Crippen LogP contribution in [0.4, 0.5) is 10.5 Å². The van der Waals surface area contributed by atoms with E-state index in [9.17, 15) is 15.0 Å². The van der Waals surface area contributed by atoms with Gasteiger partial charge in [0.2, 0.25) is 0 Å². The summed E-state index contributed by atoms with van der Waals surface area (Å²) in [6.45, 7) is -11.1. The molecule has 6 N–H and O–H groups in total. The number of hydrogen-bond donors (Lipinski definition) is 5. The zero-order chi connectivity index (χ0) is 22.1. The molecule has 0 fully saturated rings. The summed E-state index contributed by atoms with van der Waals surface area (Å²) in [5.74, 6) is -0.371. The van der Waals surface area contributed by atoms with Crippen LogP contribution in [0.2, 0.25) is 0 Å². The standard InChI is InChI=1S/C13H21N3O3.ClH/c1-13(2,3)15-7-11(18)8-4-5-10(17)9(6-8)16-12(14)19;/h4-6,11,15,17-18H,7H2,1-3H3,(H3,14,16,19);1H/i1D3,2D3,3D3;. The average molecular weight is 313 g/mol. The van der Waals surface area contributed by atoms with Gasteiger partial charge in [0.1, 0.15) is 5.75 Å². The van der Waals surface area contributed by atoms with E-state index in [4.69, 9.17) is 18.1 Å². The Kier molecular flexibility index (Phi) is 2.96. The number of primary amides is 1. The highest BCUT2D eigenvalue weighted by Gasteiger charge is 2.15. The molecule has 7 heteroatoms. The summed E-state index contributed by atoms with van der Waals surface area (Å²) >= 11 is 0. The second-order valence-electron chi connectivity index (χ2n) is 3.91. The third-order valence-electron chi connectivity index (χ3n) is 2.22. The van der Waals surface area contributed by atoms with Gasteiger partial charge in [-0.05, 0) is 38.3 Å². The number of rotatable bonds is 4. The summed E-state index contributed by atoms with van der Waals surface area (Å²) < 4.78 is 67.6. The number of amides is 2. The van der Waals surface area contributed by atoms with Crippen molar-refractivity contribution in [3.8, 4) is 5.75 Å². The molecule has 20 heavy (non-hydrogen) atoms. The highest BCUT2D eigenvalue weighted by atomic mass is 35.5. The Bertz CT molecular complexity index is 686. The Hall–Kier alpha value is -1.50. The number of aliphatic hydroxyl groups excluding tert-OH is 1. The highest BCUT2D eigenvalue weighted by Crippen LogP contribution is 2.27. The molecular weight excluding hydrogens is 282 g/mol. The lowest BCUT2D eigenvalue weighted by molar-refractivity contribution is 0.163. The highest BCUT2D eigenvalue weighted by molar-refractivity contribution is 5.89. The number of aliphatic hydroxyl groups is 1. The number of urea groups is 1. The number of carbonyl (C=O) groups excluding carboxylic acids is 1. The van der Waals surface area contributed by atoms with Crippen molar-refractivity contribution in [2.24, 2.45) is 5.73 Å². The monoisotopic (exact) mass is 312 g/mol. The van der Waals surface area contributed by atoms with E-state index < -0.39 is 44.8 Å². The minimum absolute atomic E-state index is 0. The molecule has 0 bridgehead atoms. The van der Waals surface area contributed by atoms with Crippen LogP contribution in [0.15, 0.2) is 18.2 Å².